The Bertz CT molecular complexity index is 3130. The molecule has 10 aromatic rings. The fraction of sp³-hybridized carbons (Fsp3) is 0.0588. The van der Waals surface area contributed by atoms with Crippen molar-refractivity contribution in [3.05, 3.63) is 181 Å². The van der Waals surface area contributed by atoms with Gasteiger partial charge in [-0.3, -0.25) is 0 Å². The van der Waals surface area contributed by atoms with Crippen LogP contribution in [0.4, 0.5) is 0 Å². The molecule has 3 heteroatoms. The average molecular weight is 691 g/mol. The van der Waals surface area contributed by atoms with Crippen LogP contribution in [0, 0.1) is 0 Å². The molecule has 0 atom stereocenters. The molecule has 0 saturated heterocycles. The van der Waals surface area contributed by atoms with Gasteiger partial charge in [0.25, 0.3) is 0 Å². The topological polar surface area (TPSA) is 38.9 Å². The van der Waals surface area contributed by atoms with Gasteiger partial charge in [-0.2, -0.15) is 0 Å². The minimum absolute atomic E-state index is 0.119. The van der Waals surface area contributed by atoms with E-state index in [4.69, 9.17) is 14.4 Å². The molecule has 0 aliphatic heterocycles. The second kappa shape index (κ2) is 11.6. The third-order valence-corrected chi connectivity index (χ3v) is 11.5. The van der Waals surface area contributed by atoms with Crippen LogP contribution >= 0.6 is 0 Å². The van der Waals surface area contributed by atoms with Gasteiger partial charge in [0.2, 0.25) is 0 Å². The maximum absolute atomic E-state index is 6.29. The van der Waals surface area contributed by atoms with Crippen LogP contribution in [0.5, 0.6) is 0 Å². The Morgan fingerprint density at radius 2 is 1.04 bits per heavy atom. The van der Waals surface area contributed by atoms with Gasteiger partial charge in [-0.05, 0) is 97.4 Å². The first kappa shape index (κ1) is 30.8. The second-order valence-corrected chi connectivity index (χ2v) is 14.9. The Morgan fingerprint density at radius 1 is 0.407 bits per heavy atom. The van der Waals surface area contributed by atoms with E-state index in [1.807, 2.05) is 30.3 Å². The first-order valence-electron chi connectivity index (χ1n) is 18.6. The van der Waals surface area contributed by atoms with E-state index >= 15 is 0 Å². The van der Waals surface area contributed by atoms with E-state index in [0.29, 0.717) is 5.82 Å². The van der Waals surface area contributed by atoms with Gasteiger partial charge in [-0.25, -0.2) is 9.97 Å². The average Bonchev–Trinajstić information content (AvgIpc) is 3.71. The van der Waals surface area contributed by atoms with Crippen LogP contribution in [-0.4, -0.2) is 9.97 Å². The van der Waals surface area contributed by atoms with Gasteiger partial charge in [0.1, 0.15) is 11.2 Å². The first-order chi connectivity index (χ1) is 26.5. The predicted octanol–water partition coefficient (Wildman–Crippen LogP) is 13.7. The molecule has 0 radical (unpaired) electrons. The maximum Gasteiger partial charge on any atom is 0.161 e. The molecule has 2 aromatic heterocycles. The van der Waals surface area contributed by atoms with E-state index in [1.165, 1.54) is 49.5 Å². The Balaban J connectivity index is 1.09. The highest BCUT2D eigenvalue weighted by molar-refractivity contribution is 6.12. The van der Waals surface area contributed by atoms with Gasteiger partial charge >= 0.3 is 0 Å². The molecular formula is C51H34N2O. The van der Waals surface area contributed by atoms with Crippen molar-refractivity contribution in [1.82, 2.24) is 9.97 Å². The summed E-state index contributed by atoms with van der Waals surface area (Å²) in [4.78, 5) is 10.6. The molecule has 0 amide bonds. The number of hydrogen-bond donors (Lipinski definition) is 0. The number of aromatic nitrogens is 2. The molecule has 254 valence electrons. The molecule has 1 aliphatic rings. The third-order valence-electron chi connectivity index (χ3n) is 11.5. The summed E-state index contributed by atoms with van der Waals surface area (Å²) in [5.74, 6) is 0.691. The molecule has 8 aromatic carbocycles. The number of furan rings is 1. The van der Waals surface area contributed by atoms with Gasteiger partial charge < -0.3 is 4.42 Å². The number of benzene rings is 8. The molecule has 1 aliphatic carbocycles. The molecule has 0 N–H and O–H groups in total. The van der Waals surface area contributed by atoms with E-state index < -0.39 is 0 Å². The van der Waals surface area contributed by atoms with Crippen molar-refractivity contribution in [2.45, 2.75) is 19.3 Å². The van der Waals surface area contributed by atoms with Crippen LogP contribution < -0.4 is 0 Å². The Morgan fingerprint density at radius 3 is 1.87 bits per heavy atom. The summed E-state index contributed by atoms with van der Waals surface area (Å²) >= 11 is 0. The van der Waals surface area contributed by atoms with Crippen molar-refractivity contribution in [3.8, 4) is 56.2 Å². The molecule has 0 fully saturated rings. The van der Waals surface area contributed by atoms with Crippen molar-refractivity contribution >= 4 is 43.5 Å². The number of rotatable bonds is 4. The molecule has 2 heterocycles. The molecule has 0 saturated carbocycles. The monoisotopic (exact) mass is 690 g/mol. The summed E-state index contributed by atoms with van der Waals surface area (Å²) in [7, 11) is 0. The summed E-state index contributed by atoms with van der Waals surface area (Å²) in [6.45, 7) is 4.72. The summed E-state index contributed by atoms with van der Waals surface area (Å²) in [6, 6.07) is 60.6. The van der Waals surface area contributed by atoms with E-state index in [2.05, 4.69) is 153 Å². The molecule has 54 heavy (non-hydrogen) atoms. The van der Waals surface area contributed by atoms with Gasteiger partial charge in [0.15, 0.2) is 5.82 Å². The van der Waals surface area contributed by atoms with Crippen LogP contribution in [0.15, 0.2) is 174 Å². The zero-order chi connectivity index (χ0) is 36.0. The first-order valence-corrected chi connectivity index (χ1v) is 18.6. The number of nitrogens with zero attached hydrogens (tertiary/aromatic N) is 2. The highest BCUT2D eigenvalue weighted by Gasteiger charge is 2.36. The molecule has 11 rings (SSSR count). The Kier molecular flexibility index (Phi) is 6.60. The summed E-state index contributed by atoms with van der Waals surface area (Å²) in [5, 5.41) is 7.00. The van der Waals surface area contributed by atoms with E-state index in [1.54, 1.807) is 0 Å². The van der Waals surface area contributed by atoms with E-state index in [0.717, 1.165) is 55.4 Å². The Labute approximate surface area is 313 Å². The Hall–Kier alpha value is -6.84. The molecule has 0 bridgehead atoms. The molecular weight excluding hydrogens is 657 g/mol. The fourth-order valence-electron chi connectivity index (χ4n) is 8.79. The van der Waals surface area contributed by atoms with Crippen molar-refractivity contribution in [2.75, 3.05) is 0 Å². The minimum atomic E-state index is -0.119. The highest BCUT2D eigenvalue weighted by Crippen LogP contribution is 2.51. The summed E-state index contributed by atoms with van der Waals surface area (Å²) in [6.07, 6.45) is 0. The van der Waals surface area contributed by atoms with E-state index in [9.17, 15) is 0 Å². The molecule has 0 spiro atoms. The summed E-state index contributed by atoms with van der Waals surface area (Å²) < 4.78 is 6.29. The molecule has 3 nitrogen and oxygen atoms in total. The van der Waals surface area contributed by atoms with Crippen LogP contribution in [0.1, 0.15) is 25.0 Å². The van der Waals surface area contributed by atoms with Crippen molar-refractivity contribution in [3.63, 3.8) is 0 Å². The predicted molar refractivity (Wildman–Crippen MR) is 224 cm³/mol. The van der Waals surface area contributed by atoms with E-state index in [-0.39, 0.29) is 5.41 Å². The zero-order valence-electron chi connectivity index (χ0n) is 30.0. The number of para-hydroxylation sites is 1. The summed E-state index contributed by atoms with van der Waals surface area (Å²) in [5.41, 5.74) is 14.2. The maximum atomic E-state index is 6.29. The minimum Gasteiger partial charge on any atom is -0.456 e. The quantitative estimate of drug-likeness (QED) is 0.184. The highest BCUT2D eigenvalue weighted by atomic mass is 16.3. The van der Waals surface area contributed by atoms with Gasteiger partial charge in [0, 0.05) is 32.9 Å². The van der Waals surface area contributed by atoms with Gasteiger partial charge in [-0.15, -0.1) is 0 Å². The smallest absolute Gasteiger partial charge is 0.161 e. The van der Waals surface area contributed by atoms with Gasteiger partial charge in [-0.1, -0.05) is 141 Å². The third kappa shape index (κ3) is 4.61. The lowest BCUT2D eigenvalue weighted by Crippen LogP contribution is -2.15. The zero-order valence-corrected chi connectivity index (χ0v) is 30.0. The number of hydrogen-bond acceptors (Lipinski definition) is 3. The lowest BCUT2D eigenvalue weighted by Gasteiger charge is -2.22. The number of fused-ring (bicyclic) bond motifs is 8. The standard InChI is InChI=1S/C51H34N2O/c1-51(2)43-29-34(23-24-38(43)42-27-32-15-6-7-16-33(32)28-44(42)51)35-25-26-39(37-18-9-8-17-36(35)37)50-52-45(31-13-4-3-5-14-31)30-46(53-50)40-20-12-22-48-49(40)41-19-10-11-21-47(41)54-48/h3-30H,1-2H3. The van der Waals surface area contributed by atoms with Gasteiger partial charge in [0.05, 0.1) is 11.4 Å². The molecule has 0 unspecified atom stereocenters. The normalized spacial score (nSPS) is 13.1. The van der Waals surface area contributed by atoms with Crippen molar-refractivity contribution < 1.29 is 4.42 Å². The largest absolute Gasteiger partial charge is 0.456 e. The van der Waals surface area contributed by atoms with Crippen molar-refractivity contribution in [1.29, 1.82) is 0 Å². The van der Waals surface area contributed by atoms with Crippen molar-refractivity contribution in [2.24, 2.45) is 0 Å². The lowest BCUT2D eigenvalue weighted by molar-refractivity contribution is 0.661. The van der Waals surface area contributed by atoms with Crippen LogP contribution in [0.25, 0.3) is 99.6 Å². The second-order valence-electron chi connectivity index (χ2n) is 14.9. The van der Waals surface area contributed by atoms with Crippen LogP contribution in [-0.2, 0) is 5.41 Å². The van der Waals surface area contributed by atoms with Crippen LogP contribution in [0.2, 0.25) is 0 Å². The fourth-order valence-corrected chi connectivity index (χ4v) is 8.79. The van der Waals surface area contributed by atoms with Crippen LogP contribution in [0.3, 0.4) is 0 Å². The SMILES string of the molecule is CC1(C)c2cc(-c3ccc(-c4nc(-c5ccccc5)cc(-c5cccc6oc7ccccc7c56)n4)c4ccccc34)ccc2-c2cc3ccccc3cc21. The lowest BCUT2D eigenvalue weighted by atomic mass is 9.81.